The molecule has 0 aliphatic rings. The van der Waals surface area contributed by atoms with Crippen molar-refractivity contribution in [3.05, 3.63) is 74.3 Å². The van der Waals surface area contributed by atoms with Crippen molar-refractivity contribution < 1.29 is 22.7 Å². The molecule has 27 heavy (non-hydrogen) atoms. The minimum Gasteiger partial charge on any atom is -0.465 e. The van der Waals surface area contributed by atoms with Crippen molar-refractivity contribution in [3.63, 3.8) is 0 Å². The van der Waals surface area contributed by atoms with E-state index < -0.39 is 23.3 Å². The number of H-pyrrole nitrogens is 1. The zero-order valence-corrected chi connectivity index (χ0v) is 14.8. The SMILES string of the molecule is COC(=O)c1ccc2c(=O)n(Cc3cccc(C(F)(F)F)c3)c(=S)[nH]c2c1. The first-order valence-electron chi connectivity index (χ1n) is 7.72. The van der Waals surface area contributed by atoms with Gasteiger partial charge in [0.05, 0.1) is 35.7 Å². The van der Waals surface area contributed by atoms with Crippen molar-refractivity contribution in [1.29, 1.82) is 0 Å². The smallest absolute Gasteiger partial charge is 0.416 e. The molecule has 2 aromatic carbocycles. The maximum absolute atomic E-state index is 12.9. The molecule has 0 spiro atoms. The molecule has 3 aromatic rings. The van der Waals surface area contributed by atoms with Crippen LogP contribution >= 0.6 is 12.2 Å². The van der Waals surface area contributed by atoms with E-state index in [-0.39, 0.29) is 27.8 Å². The molecule has 9 heteroatoms. The number of benzene rings is 2. The number of rotatable bonds is 3. The number of hydrogen-bond donors (Lipinski definition) is 1. The van der Waals surface area contributed by atoms with E-state index in [2.05, 4.69) is 9.72 Å². The number of carbonyl (C=O) groups is 1. The molecule has 0 aliphatic heterocycles. The van der Waals surface area contributed by atoms with Gasteiger partial charge in [0.25, 0.3) is 5.56 Å². The Morgan fingerprint density at radius 3 is 2.63 bits per heavy atom. The minimum atomic E-state index is -4.47. The lowest BCUT2D eigenvalue weighted by molar-refractivity contribution is -0.137. The Labute approximate surface area is 156 Å². The number of nitrogens with one attached hydrogen (secondary N) is 1. The number of aromatic amines is 1. The lowest BCUT2D eigenvalue weighted by atomic mass is 10.1. The van der Waals surface area contributed by atoms with Gasteiger partial charge in [-0.3, -0.25) is 9.36 Å². The third-order valence-corrected chi connectivity index (χ3v) is 4.32. The topological polar surface area (TPSA) is 64.1 Å². The summed E-state index contributed by atoms with van der Waals surface area (Å²) in [7, 11) is 1.24. The summed E-state index contributed by atoms with van der Waals surface area (Å²) in [6.07, 6.45) is -4.47. The van der Waals surface area contributed by atoms with E-state index in [1.807, 2.05) is 0 Å². The van der Waals surface area contributed by atoms with Crippen LogP contribution in [-0.2, 0) is 17.5 Å². The second-order valence-corrected chi connectivity index (χ2v) is 6.16. The number of ether oxygens (including phenoxy) is 1. The molecule has 3 rings (SSSR count). The first kappa shape index (κ1) is 18.8. The second kappa shape index (κ2) is 6.99. The van der Waals surface area contributed by atoms with Crippen LogP contribution in [0, 0.1) is 4.77 Å². The molecule has 1 aromatic heterocycles. The molecule has 0 aliphatic carbocycles. The number of aromatic nitrogens is 2. The number of hydrogen-bond acceptors (Lipinski definition) is 4. The molecule has 140 valence electrons. The highest BCUT2D eigenvalue weighted by Crippen LogP contribution is 2.29. The van der Waals surface area contributed by atoms with Crippen LogP contribution in [0.1, 0.15) is 21.5 Å². The van der Waals surface area contributed by atoms with Crippen LogP contribution in [-0.4, -0.2) is 22.6 Å². The Kier molecular flexibility index (Phi) is 4.88. The van der Waals surface area contributed by atoms with E-state index in [0.29, 0.717) is 5.52 Å². The zero-order chi connectivity index (χ0) is 19.8. The molecule has 0 fully saturated rings. The number of halogens is 3. The van der Waals surface area contributed by atoms with Crippen molar-refractivity contribution in [2.45, 2.75) is 12.7 Å². The summed E-state index contributed by atoms with van der Waals surface area (Å²) >= 11 is 5.18. The molecule has 0 amide bonds. The predicted molar refractivity (Wildman–Crippen MR) is 95.3 cm³/mol. The predicted octanol–water partition coefficient (Wildman–Crippen LogP) is 3.91. The molecular formula is C18H13F3N2O3S. The highest BCUT2D eigenvalue weighted by atomic mass is 32.1. The normalized spacial score (nSPS) is 11.6. The second-order valence-electron chi connectivity index (χ2n) is 5.77. The van der Waals surface area contributed by atoms with Gasteiger partial charge >= 0.3 is 12.1 Å². The van der Waals surface area contributed by atoms with Gasteiger partial charge in [0, 0.05) is 0 Å². The Morgan fingerprint density at radius 1 is 1.22 bits per heavy atom. The molecule has 0 atom stereocenters. The molecule has 0 radical (unpaired) electrons. The van der Waals surface area contributed by atoms with Gasteiger partial charge < -0.3 is 9.72 Å². The van der Waals surface area contributed by atoms with Crippen LogP contribution in [0.25, 0.3) is 10.9 Å². The monoisotopic (exact) mass is 394 g/mol. The summed E-state index contributed by atoms with van der Waals surface area (Å²) in [6, 6.07) is 9.01. The summed E-state index contributed by atoms with van der Waals surface area (Å²) in [5.74, 6) is -0.565. The zero-order valence-electron chi connectivity index (χ0n) is 14.0. The van der Waals surface area contributed by atoms with Gasteiger partial charge in [-0.2, -0.15) is 13.2 Å². The lowest BCUT2D eigenvalue weighted by Crippen LogP contribution is -2.23. The number of nitrogens with zero attached hydrogens (tertiary/aromatic N) is 1. The van der Waals surface area contributed by atoms with E-state index in [9.17, 15) is 22.8 Å². The van der Waals surface area contributed by atoms with Gasteiger partial charge in [0.2, 0.25) is 0 Å². The number of carbonyl (C=O) groups excluding carboxylic acids is 1. The van der Waals surface area contributed by atoms with Crippen molar-refractivity contribution in [3.8, 4) is 0 Å². The van der Waals surface area contributed by atoms with Crippen molar-refractivity contribution >= 4 is 29.1 Å². The maximum atomic E-state index is 12.9. The molecule has 1 N–H and O–H groups in total. The number of esters is 1. The van der Waals surface area contributed by atoms with E-state index in [1.165, 1.54) is 42.0 Å². The maximum Gasteiger partial charge on any atom is 0.416 e. The van der Waals surface area contributed by atoms with Crippen molar-refractivity contribution in [1.82, 2.24) is 9.55 Å². The van der Waals surface area contributed by atoms with Crippen LogP contribution in [0.15, 0.2) is 47.3 Å². The molecule has 0 unspecified atom stereocenters. The summed E-state index contributed by atoms with van der Waals surface area (Å²) in [4.78, 5) is 27.2. The van der Waals surface area contributed by atoms with Crippen LogP contribution in [0.5, 0.6) is 0 Å². The molecule has 0 bridgehead atoms. The minimum absolute atomic E-state index is 0.0342. The molecular weight excluding hydrogens is 381 g/mol. The van der Waals surface area contributed by atoms with Crippen molar-refractivity contribution in [2.75, 3.05) is 7.11 Å². The van der Waals surface area contributed by atoms with Crippen LogP contribution in [0.2, 0.25) is 0 Å². The Hall–Kier alpha value is -2.94. The fourth-order valence-corrected chi connectivity index (χ4v) is 2.93. The van der Waals surface area contributed by atoms with Gasteiger partial charge in [0.1, 0.15) is 0 Å². The van der Waals surface area contributed by atoms with Gasteiger partial charge in [-0.15, -0.1) is 0 Å². The number of alkyl halides is 3. The van der Waals surface area contributed by atoms with E-state index >= 15 is 0 Å². The highest BCUT2D eigenvalue weighted by Gasteiger charge is 2.30. The highest BCUT2D eigenvalue weighted by molar-refractivity contribution is 7.71. The van der Waals surface area contributed by atoms with Crippen LogP contribution in [0.3, 0.4) is 0 Å². The summed E-state index contributed by atoms with van der Waals surface area (Å²) < 4.78 is 44.5. The van der Waals surface area contributed by atoms with Crippen LogP contribution < -0.4 is 5.56 Å². The first-order chi connectivity index (χ1) is 12.7. The standard InChI is InChI=1S/C18H13F3N2O3S/c1-26-16(25)11-5-6-13-14(8-11)22-17(27)23(15(13)24)9-10-3-2-4-12(7-10)18(19,20)21/h2-8H,9H2,1H3,(H,22,27). The quantitative estimate of drug-likeness (QED) is 0.540. The third-order valence-electron chi connectivity index (χ3n) is 4.00. The molecule has 0 saturated heterocycles. The Balaban J connectivity index is 2.07. The third kappa shape index (κ3) is 3.77. The lowest BCUT2D eigenvalue weighted by Gasteiger charge is -2.11. The van der Waals surface area contributed by atoms with Gasteiger partial charge in [-0.1, -0.05) is 12.1 Å². The first-order valence-corrected chi connectivity index (χ1v) is 8.13. The Morgan fingerprint density at radius 2 is 1.96 bits per heavy atom. The molecule has 5 nitrogen and oxygen atoms in total. The number of fused-ring (bicyclic) bond motifs is 1. The average Bonchev–Trinajstić information content (AvgIpc) is 2.63. The van der Waals surface area contributed by atoms with Crippen LogP contribution in [0.4, 0.5) is 13.2 Å². The fourth-order valence-electron chi connectivity index (χ4n) is 2.67. The number of methoxy groups -OCH3 is 1. The van der Waals surface area contributed by atoms with E-state index in [4.69, 9.17) is 12.2 Å². The average molecular weight is 394 g/mol. The summed E-state index contributed by atoms with van der Waals surface area (Å²) in [6.45, 7) is -0.118. The van der Waals surface area contributed by atoms with Gasteiger partial charge in [0.15, 0.2) is 4.77 Å². The largest absolute Gasteiger partial charge is 0.465 e. The van der Waals surface area contributed by atoms with Gasteiger partial charge in [-0.05, 0) is 48.1 Å². The molecule has 0 saturated carbocycles. The molecule has 1 heterocycles. The summed E-state index contributed by atoms with van der Waals surface area (Å²) in [5.41, 5.74) is -0.398. The van der Waals surface area contributed by atoms with E-state index in [1.54, 1.807) is 0 Å². The fraction of sp³-hybridized carbons (Fsp3) is 0.167. The van der Waals surface area contributed by atoms with Crippen molar-refractivity contribution in [2.24, 2.45) is 0 Å². The summed E-state index contributed by atoms with van der Waals surface area (Å²) in [5, 5.41) is 0.253. The van der Waals surface area contributed by atoms with E-state index in [0.717, 1.165) is 12.1 Å². The van der Waals surface area contributed by atoms with Gasteiger partial charge in [-0.25, -0.2) is 4.79 Å². The Bertz CT molecular complexity index is 1150.